The Labute approximate surface area is 219 Å². The smallest absolute Gasteiger partial charge is 0.274 e. The zero-order valence-electron chi connectivity index (χ0n) is 21.2. The third kappa shape index (κ3) is 5.59. The maximum absolute atomic E-state index is 15.1. The normalized spacial score (nSPS) is 22.3. The van der Waals surface area contributed by atoms with Gasteiger partial charge in [-0.05, 0) is 91.3 Å². The minimum Gasteiger partial charge on any atom is -0.381 e. The quantitative estimate of drug-likeness (QED) is 0.431. The Kier molecular flexibility index (Phi) is 7.76. The molecular weight excluding hydrogens is 493 g/mol. The van der Waals surface area contributed by atoms with E-state index < -0.39 is 34.6 Å². The molecule has 3 atom stereocenters. The highest BCUT2D eigenvalue weighted by atomic mass is 19.1. The summed E-state index contributed by atoms with van der Waals surface area (Å²) in [5, 5.41) is 2.81. The first kappa shape index (κ1) is 26.3. The van der Waals surface area contributed by atoms with E-state index in [-0.39, 0.29) is 23.6 Å². The summed E-state index contributed by atoms with van der Waals surface area (Å²) in [6.45, 7) is 3.20. The van der Waals surface area contributed by atoms with Crippen LogP contribution in [0.15, 0.2) is 42.7 Å². The molecule has 1 amide bonds. The van der Waals surface area contributed by atoms with E-state index in [2.05, 4.69) is 22.2 Å². The summed E-state index contributed by atoms with van der Waals surface area (Å²) in [5.41, 5.74) is 6.85. The molecule has 5 rings (SSSR count). The van der Waals surface area contributed by atoms with E-state index in [9.17, 15) is 9.18 Å². The molecule has 2 aromatic heterocycles. The summed E-state index contributed by atoms with van der Waals surface area (Å²) >= 11 is 0. The standard InChI is InChI=1S/C29H31F3N4O2/c1-16-10-19(12-20(33)11-16)21-4-7-34-15-26(21)36-29(37)25-3-2-22(30)28(35-25)27-23(31)13-18(14-24(27)32)17-5-8-38-9-6-17/h2-4,7,13-17,19-20H,5-6,8-12,33H2,1H3,(H,36,37)/t16-,19+,20-/m0/s1. The van der Waals surface area contributed by atoms with Crippen LogP contribution < -0.4 is 11.1 Å². The van der Waals surface area contributed by atoms with Crippen molar-refractivity contribution in [2.75, 3.05) is 18.5 Å². The van der Waals surface area contributed by atoms with Crippen LogP contribution in [-0.4, -0.2) is 35.1 Å². The highest BCUT2D eigenvalue weighted by Crippen LogP contribution is 2.38. The van der Waals surface area contributed by atoms with Crippen LogP contribution in [0.25, 0.3) is 11.3 Å². The molecule has 0 bridgehead atoms. The van der Waals surface area contributed by atoms with Crippen LogP contribution >= 0.6 is 0 Å². The second-order valence-corrected chi connectivity index (χ2v) is 10.5. The van der Waals surface area contributed by atoms with Gasteiger partial charge in [0.05, 0.1) is 17.4 Å². The molecule has 2 aliphatic rings. The van der Waals surface area contributed by atoms with E-state index in [1.807, 2.05) is 6.07 Å². The van der Waals surface area contributed by atoms with Crippen molar-refractivity contribution in [1.29, 1.82) is 0 Å². The fourth-order valence-electron chi connectivity index (χ4n) is 5.79. The number of carbonyl (C=O) groups excluding carboxylic acids is 1. The van der Waals surface area contributed by atoms with Gasteiger partial charge < -0.3 is 15.8 Å². The molecule has 200 valence electrons. The molecule has 1 saturated heterocycles. The molecule has 3 N–H and O–H groups in total. The predicted molar refractivity (Wildman–Crippen MR) is 138 cm³/mol. The van der Waals surface area contributed by atoms with Gasteiger partial charge in [0.1, 0.15) is 28.8 Å². The fourth-order valence-corrected chi connectivity index (χ4v) is 5.79. The number of nitrogens with two attached hydrogens (primary N) is 1. The lowest BCUT2D eigenvalue weighted by Gasteiger charge is -2.32. The number of anilines is 1. The lowest BCUT2D eigenvalue weighted by atomic mass is 9.76. The van der Waals surface area contributed by atoms with Gasteiger partial charge in [0, 0.05) is 25.5 Å². The third-order valence-corrected chi connectivity index (χ3v) is 7.59. The Morgan fingerprint density at radius 3 is 2.45 bits per heavy atom. The van der Waals surface area contributed by atoms with Crippen molar-refractivity contribution in [1.82, 2.24) is 9.97 Å². The van der Waals surface area contributed by atoms with Gasteiger partial charge in [-0.1, -0.05) is 6.92 Å². The van der Waals surface area contributed by atoms with E-state index >= 15 is 8.78 Å². The van der Waals surface area contributed by atoms with Crippen LogP contribution in [0, 0.1) is 23.4 Å². The van der Waals surface area contributed by atoms with Gasteiger partial charge in [0.2, 0.25) is 0 Å². The number of nitrogens with one attached hydrogen (secondary N) is 1. The third-order valence-electron chi connectivity index (χ3n) is 7.59. The van der Waals surface area contributed by atoms with Gasteiger partial charge in [-0.2, -0.15) is 0 Å². The number of ether oxygens (including phenoxy) is 1. The Hall–Kier alpha value is -3.30. The molecule has 1 aromatic carbocycles. The molecule has 0 unspecified atom stereocenters. The van der Waals surface area contributed by atoms with Gasteiger partial charge in [-0.25, -0.2) is 18.2 Å². The SMILES string of the molecule is C[C@@H]1C[C@H](N)C[C@H](c2ccncc2NC(=O)c2ccc(F)c(-c3c(F)cc(C4CCOCC4)cc3F)n2)C1. The lowest BCUT2D eigenvalue weighted by molar-refractivity contribution is 0.0852. The molecule has 1 saturated carbocycles. The van der Waals surface area contributed by atoms with E-state index in [0.29, 0.717) is 43.2 Å². The van der Waals surface area contributed by atoms with Gasteiger partial charge in [0.15, 0.2) is 0 Å². The number of rotatable bonds is 5. The zero-order valence-corrected chi connectivity index (χ0v) is 21.2. The van der Waals surface area contributed by atoms with Crippen LogP contribution in [0.3, 0.4) is 0 Å². The van der Waals surface area contributed by atoms with Crippen molar-refractivity contribution in [3.63, 3.8) is 0 Å². The summed E-state index contributed by atoms with van der Waals surface area (Å²) in [4.78, 5) is 21.3. The molecule has 3 heterocycles. The van der Waals surface area contributed by atoms with Crippen LogP contribution in [-0.2, 0) is 4.74 Å². The minimum atomic E-state index is -0.926. The highest BCUT2D eigenvalue weighted by Gasteiger charge is 2.28. The van der Waals surface area contributed by atoms with Crippen molar-refractivity contribution in [3.8, 4) is 11.3 Å². The number of carbonyl (C=O) groups is 1. The number of pyridine rings is 2. The average Bonchev–Trinajstić information content (AvgIpc) is 2.89. The van der Waals surface area contributed by atoms with Gasteiger partial charge in [-0.3, -0.25) is 9.78 Å². The predicted octanol–water partition coefficient (Wildman–Crippen LogP) is 5.94. The number of benzene rings is 1. The van der Waals surface area contributed by atoms with Gasteiger partial charge >= 0.3 is 0 Å². The van der Waals surface area contributed by atoms with Crippen molar-refractivity contribution in [2.45, 2.75) is 56.9 Å². The first-order valence-corrected chi connectivity index (χ1v) is 13.0. The molecule has 0 radical (unpaired) electrons. The molecular formula is C29H31F3N4O2. The maximum Gasteiger partial charge on any atom is 0.274 e. The molecule has 3 aromatic rings. The van der Waals surface area contributed by atoms with Gasteiger partial charge in [0.25, 0.3) is 5.91 Å². The summed E-state index contributed by atoms with van der Waals surface area (Å²) in [7, 11) is 0. The number of hydrogen-bond donors (Lipinski definition) is 2. The Bertz CT molecular complexity index is 1300. The molecule has 1 aliphatic carbocycles. The Morgan fingerprint density at radius 2 is 1.74 bits per heavy atom. The maximum atomic E-state index is 15.1. The van der Waals surface area contributed by atoms with E-state index in [1.54, 1.807) is 12.4 Å². The van der Waals surface area contributed by atoms with E-state index in [1.165, 1.54) is 18.2 Å². The second kappa shape index (κ2) is 11.2. The topological polar surface area (TPSA) is 90.1 Å². The van der Waals surface area contributed by atoms with Crippen molar-refractivity contribution in [3.05, 3.63) is 77.0 Å². The van der Waals surface area contributed by atoms with Crippen LogP contribution in [0.1, 0.15) is 72.5 Å². The highest BCUT2D eigenvalue weighted by molar-refractivity contribution is 6.03. The fraction of sp³-hybridized carbons (Fsp3) is 0.414. The number of hydrogen-bond acceptors (Lipinski definition) is 5. The van der Waals surface area contributed by atoms with E-state index in [0.717, 1.165) is 30.9 Å². The number of nitrogens with zero attached hydrogens (tertiary/aromatic N) is 2. The van der Waals surface area contributed by atoms with Crippen molar-refractivity contribution in [2.24, 2.45) is 11.7 Å². The number of amides is 1. The molecule has 2 fully saturated rings. The van der Waals surface area contributed by atoms with Crippen molar-refractivity contribution < 1.29 is 22.7 Å². The first-order valence-electron chi connectivity index (χ1n) is 13.0. The molecule has 6 nitrogen and oxygen atoms in total. The van der Waals surface area contributed by atoms with Crippen LogP contribution in [0.4, 0.5) is 18.9 Å². The molecule has 1 aliphatic heterocycles. The first-order chi connectivity index (χ1) is 18.3. The Morgan fingerprint density at radius 1 is 1.00 bits per heavy atom. The summed E-state index contributed by atoms with van der Waals surface area (Å²) in [5.74, 6) is -2.84. The molecule has 38 heavy (non-hydrogen) atoms. The monoisotopic (exact) mass is 524 g/mol. The summed E-state index contributed by atoms with van der Waals surface area (Å²) in [6, 6.07) is 6.56. The Balaban J connectivity index is 1.42. The average molecular weight is 525 g/mol. The number of halogens is 3. The van der Waals surface area contributed by atoms with Crippen LogP contribution in [0.5, 0.6) is 0 Å². The molecule has 9 heteroatoms. The van der Waals surface area contributed by atoms with Crippen molar-refractivity contribution >= 4 is 11.6 Å². The second-order valence-electron chi connectivity index (χ2n) is 10.5. The van der Waals surface area contributed by atoms with Crippen LogP contribution in [0.2, 0.25) is 0 Å². The minimum absolute atomic E-state index is 0.0351. The number of aromatic nitrogens is 2. The largest absolute Gasteiger partial charge is 0.381 e. The van der Waals surface area contributed by atoms with E-state index in [4.69, 9.17) is 10.5 Å². The zero-order chi connectivity index (χ0) is 26.8. The van der Waals surface area contributed by atoms with Gasteiger partial charge in [-0.15, -0.1) is 0 Å². The lowest BCUT2D eigenvalue weighted by Crippen LogP contribution is -2.31. The summed E-state index contributed by atoms with van der Waals surface area (Å²) in [6.07, 6.45) is 7.21. The summed E-state index contributed by atoms with van der Waals surface area (Å²) < 4.78 is 50.4. The molecule has 0 spiro atoms.